The molecule has 7 nitrogen and oxygen atoms in total. The summed E-state index contributed by atoms with van der Waals surface area (Å²) in [6, 6.07) is 3.25. The van der Waals surface area contributed by atoms with Crippen LogP contribution in [0, 0.1) is 6.92 Å². The summed E-state index contributed by atoms with van der Waals surface area (Å²) >= 11 is 0. The number of carbonyl (C=O) groups is 3. The van der Waals surface area contributed by atoms with Crippen LogP contribution in [0.2, 0.25) is 0 Å². The maximum atomic E-state index is 11.9. The molecule has 1 rings (SSSR count). The van der Waals surface area contributed by atoms with Crippen LogP contribution in [0.1, 0.15) is 22.8 Å². The Morgan fingerprint density at radius 1 is 1.33 bits per heavy atom. The molecule has 21 heavy (non-hydrogen) atoms. The zero-order chi connectivity index (χ0) is 16.0. The monoisotopic (exact) mass is 294 g/mol. The lowest BCUT2D eigenvalue weighted by atomic mass is 10.1. The quantitative estimate of drug-likeness (QED) is 0.608. The molecule has 0 spiro atoms. The van der Waals surface area contributed by atoms with E-state index < -0.39 is 23.9 Å². The molecule has 0 aliphatic rings. The molecule has 1 aromatic rings. The largest absolute Gasteiger partial charge is 0.465 e. The van der Waals surface area contributed by atoms with E-state index in [0.29, 0.717) is 11.3 Å². The highest BCUT2D eigenvalue weighted by molar-refractivity contribution is 6.08. The van der Waals surface area contributed by atoms with Gasteiger partial charge in [0, 0.05) is 5.69 Å². The van der Waals surface area contributed by atoms with Crippen molar-refractivity contribution in [3.05, 3.63) is 29.3 Å². The molecule has 7 heteroatoms. The first-order valence-electron chi connectivity index (χ1n) is 6.32. The first-order valence-corrected chi connectivity index (χ1v) is 6.32. The van der Waals surface area contributed by atoms with Gasteiger partial charge >= 0.3 is 11.9 Å². The van der Waals surface area contributed by atoms with Crippen LogP contribution in [-0.4, -0.2) is 37.6 Å². The van der Waals surface area contributed by atoms with Crippen LogP contribution < -0.4 is 11.1 Å². The molecule has 1 amide bonds. The van der Waals surface area contributed by atoms with Crippen LogP contribution in [0.4, 0.5) is 5.69 Å². The smallest absolute Gasteiger partial charge is 0.337 e. The molecule has 3 N–H and O–H groups in total. The van der Waals surface area contributed by atoms with E-state index in [1.54, 1.807) is 26.0 Å². The zero-order valence-corrected chi connectivity index (χ0v) is 12.1. The van der Waals surface area contributed by atoms with Crippen LogP contribution in [0.25, 0.3) is 0 Å². The summed E-state index contributed by atoms with van der Waals surface area (Å²) in [5.74, 6) is -2.05. The molecule has 1 atom stereocenters. The van der Waals surface area contributed by atoms with E-state index in [1.807, 2.05) is 0 Å². The topological polar surface area (TPSA) is 108 Å². The van der Waals surface area contributed by atoms with E-state index in [2.05, 4.69) is 14.8 Å². The maximum absolute atomic E-state index is 11.9. The van der Waals surface area contributed by atoms with Crippen LogP contribution in [0.3, 0.4) is 0 Å². The number of rotatable bonds is 5. The van der Waals surface area contributed by atoms with Gasteiger partial charge in [-0.25, -0.2) is 9.59 Å². The summed E-state index contributed by atoms with van der Waals surface area (Å²) < 4.78 is 9.28. The van der Waals surface area contributed by atoms with Gasteiger partial charge in [0.2, 0.25) is 0 Å². The van der Waals surface area contributed by atoms with Gasteiger partial charge < -0.3 is 20.5 Å². The summed E-state index contributed by atoms with van der Waals surface area (Å²) in [5, 5.41) is 2.50. The summed E-state index contributed by atoms with van der Waals surface area (Å²) in [5.41, 5.74) is 6.86. The third-order valence-corrected chi connectivity index (χ3v) is 2.74. The van der Waals surface area contributed by atoms with Crippen molar-refractivity contribution >= 4 is 23.5 Å². The van der Waals surface area contributed by atoms with Gasteiger partial charge in [-0.05, 0) is 31.5 Å². The lowest BCUT2D eigenvalue weighted by Gasteiger charge is -2.13. The average Bonchev–Trinajstić information content (AvgIpc) is 2.47. The number of esters is 2. The number of carbonyl (C=O) groups excluding carboxylic acids is 3. The van der Waals surface area contributed by atoms with E-state index in [9.17, 15) is 14.4 Å². The fourth-order valence-corrected chi connectivity index (χ4v) is 1.55. The van der Waals surface area contributed by atoms with E-state index >= 15 is 0 Å². The maximum Gasteiger partial charge on any atom is 0.337 e. The molecular weight excluding hydrogens is 276 g/mol. The minimum absolute atomic E-state index is 0.136. The molecule has 0 aliphatic heterocycles. The van der Waals surface area contributed by atoms with Crippen molar-refractivity contribution < 1.29 is 23.9 Å². The van der Waals surface area contributed by atoms with Crippen molar-refractivity contribution in [2.45, 2.75) is 19.9 Å². The lowest BCUT2D eigenvalue weighted by Crippen LogP contribution is -2.43. The number of aryl methyl sites for hydroxylation is 1. The van der Waals surface area contributed by atoms with E-state index in [0.717, 1.165) is 0 Å². The van der Waals surface area contributed by atoms with Crippen molar-refractivity contribution in [2.24, 2.45) is 5.73 Å². The normalized spacial score (nSPS) is 11.4. The molecular formula is C14H18N2O5. The van der Waals surface area contributed by atoms with Gasteiger partial charge in [0.25, 0.3) is 5.91 Å². The van der Waals surface area contributed by atoms with Crippen molar-refractivity contribution in [1.82, 2.24) is 0 Å². The predicted octanol–water partition coefficient (Wildman–Crippen LogP) is 0.611. The first-order chi connectivity index (χ1) is 9.90. The second kappa shape index (κ2) is 7.39. The molecule has 0 saturated carbocycles. The van der Waals surface area contributed by atoms with Crippen LogP contribution in [0.5, 0.6) is 0 Å². The molecule has 0 bridgehead atoms. The number of hydrogen-bond donors (Lipinski definition) is 2. The molecule has 0 aromatic heterocycles. The van der Waals surface area contributed by atoms with Gasteiger partial charge in [0.05, 0.1) is 19.3 Å². The van der Waals surface area contributed by atoms with Crippen molar-refractivity contribution in [3.63, 3.8) is 0 Å². The van der Waals surface area contributed by atoms with Crippen molar-refractivity contribution in [2.75, 3.05) is 19.0 Å². The second-order valence-electron chi connectivity index (χ2n) is 4.24. The number of amides is 1. The van der Waals surface area contributed by atoms with Crippen molar-refractivity contribution in [3.8, 4) is 0 Å². The number of nitrogens with two attached hydrogens (primary N) is 1. The molecule has 114 valence electrons. The van der Waals surface area contributed by atoms with E-state index in [-0.39, 0.29) is 12.2 Å². The van der Waals surface area contributed by atoms with Crippen LogP contribution in [-0.2, 0) is 19.1 Å². The highest BCUT2D eigenvalue weighted by Gasteiger charge is 2.24. The van der Waals surface area contributed by atoms with E-state index in [1.165, 1.54) is 13.2 Å². The Bertz CT molecular complexity index is 556. The SMILES string of the molecule is CCOC(=O)C(N)C(=O)Nc1cc(C(=O)OC)ccc1C. The first kappa shape index (κ1) is 16.6. The van der Waals surface area contributed by atoms with Crippen LogP contribution in [0.15, 0.2) is 18.2 Å². The molecule has 0 radical (unpaired) electrons. The summed E-state index contributed by atoms with van der Waals surface area (Å²) in [6.45, 7) is 3.50. The summed E-state index contributed by atoms with van der Waals surface area (Å²) in [4.78, 5) is 34.7. The number of ether oxygens (including phenoxy) is 2. The standard InChI is InChI=1S/C14H18N2O5/c1-4-21-14(19)11(15)12(17)16-10-7-9(13(18)20-3)6-5-8(10)2/h5-7,11H,4,15H2,1-3H3,(H,16,17). The second-order valence-corrected chi connectivity index (χ2v) is 4.24. The molecule has 1 aromatic carbocycles. The average molecular weight is 294 g/mol. The minimum Gasteiger partial charge on any atom is -0.465 e. The Morgan fingerprint density at radius 3 is 2.57 bits per heavy atom. The number of hydrogen-bond acceptors (Lipinski definition) is 6. The number of nitrogens with one attached hydrogen (secondary N) is 1. The summed E-state index contributed by atoms with van der Waals surface area (Å²) in [6.07, 6.45) is 0. The highest BCUT2D eigenvalue weighted by Crippen LogP contribution is 2.17. The van der Waals surface area contributed by atoms with Gasteiger partial charge in [-0.1, -0.05) is 6.07 Å². The Balaban J connectivity index is 2.89. The van der Waals surface area contributed by atoms with E-state index in [4.69, 9.17) is 5.73 Å². The van der Waals surface area contributed by atoms with Gasteiger partial charge in [0.1, 0.15) is 0 Å². The van der Waals surface area contributed by atoms with Gasteiger partial charge in [-0.2, -0.15) is 0 Å². The minimum atomic E-state index is -1.42. The zero-order valence-electron chi connectivity index (χ0n) is 12.1. The third kappa shape index (κ3) is 4.28. The number of methoxy groups -OCH3 is 1. The lowest BCUT2D eigenvalue weighted by molar-refractivity contribution is -0.146. The van der Waals surface area contributed by atoms with Gasteiger partial charge in [-0.15, -0.1) is 0 Å². The third-order valence-electron chi connectivity index (χ3n) is 2.74. The predicted molar refractivity (Wildman–Crippen MR) is 75.8 cm³/mol. The Morgan fingerprint density at radius 2 is 2.00 bits per heavy atom. The Kier molecular flexibility index (Phi) is 5.86. The molecule has 0 fully saturated rings. The Labute approximate surface area is 122 Å². The molecule has 0 heterocycles. The van der Waals surface area contributed by atoms with Gasteiger partial charge in [0.15, 0.2) is 6.04 Å². The summed E-state index contributed by atoms with van der Waals surface area (Å²) in [7, 11) is 1.26. The highest BCUT2D eigenvalue weighted by atomic mass is 16.5. The molecule has 1 unspecified atom stereocenters. The number of benzene rings is 1. The molecule has 0 saturated heterocycles. The molecule has 0 aliphatic carbocycles. The fourth-order valence-electron chi connectivity index (χ4n) is 1.55. The van der Waals surface area contributed by atoms with Crippen LogP contribution >= 0.6 is 0 Å². The fraction of sp³-hybridized carbons (Fsp3) is 0.357. The Hall–Kier alpha value is -2.41. The number of anilines is 1. The van der Waals surface area contributed by atoms with Gasteiger partial charge in [-0.3, -0.25) is 4.79 Å². The van der Waals surface area contributed by atoms with Crippen molar-refractivity contribution in [1.29, 1.82) is 0 Å².